The number of fused-ring (bicyclic) bond motifs is 3. The Morgan fingerprint density at radius 2 is 2.17 bits per heavy atom. The number of hydrogen-bond acceptors (Lipinski definition) is 3. The predicted molar refractivity (Wildman–Crippen MR) is 68.9 cm³/mol. The van der Waals surface area contributed by atoms with E-state index in [0.29, 0.717) is 5.15 Å². The number of nitrogens with zero attached hydrogens (tertiary/aromatic N) is 3. The zero-order valence-electron chi connectivity index (χ0n) is 9.77. The van der Waals surface area contributed by atoms with Crippen LogP contribution in [-0.2, 0) is 10.2 Å². The fraction of sp³-hybridized carbons (Fsp3) is 0.308. The molecule has 2 aromatic rings. The molecule has 1 saturated carbocycles. The number of carbonyl (C=O) groups excluding carboxylic acids is 1. The van der Waals surface area contributed by atoms with Gasteiger partial charge in [-0.2, -0.15) is 5.10 Å². The standard InChI is InChI=1S/C13H10ClN3O/c1-17-10-5-8-7(6-15-16-11(8)14)4-9(10)13(2-3-13)12(17)18/h4-6H,2-3H2,1H3. The van der Waals surface area contributed by atoms with Gasteiger partial charge in [0.1, 0.15) is 0 Å². The van der Waals surface area contributed by atoms with Crippen LogP contribution in [0.15, 0.2) is 18.3 Å². The average Bonchev–Trinajstić information content (AvgIpc) is 3.14. The first kappa shape index (κ1) is 10.3. The van der Waals surface area contributed by atoms with Crippen molar-refractivity contribution < 1.29 is 4.79 Å². The molecule has 0 unspecified atom stereocenters. The number of benzene rings is 1. The van der Waals surface area contributed by atoms with Crippen molar-refractivity contribution in [2.75, 3.05) is 11.9 Å². The van der Waals surface area contributed by atoms with E-state index in [1.165, 1.54) is 0 Å². The zero-order valence-corrected chi connectivity index (χ0v) is 10.5. The van der Waals surface area contributed by atoms with Crippen molar-refractivity contribution in [2.45, 2.75) is 18.3 Å². The SMILES string of the molecule is CN1C(=O)C2(CC2)c2cc3cnnc(Cl)c3cc21. The lowest BCUT2D eigenvalue weighted by Crippen LogP contribution is -2.27. The molecular formula is C13H10ClN3O. The molecule has 1 aliphatic carbocycles. The van der Waals surface area contributed by atoms with E-state index < -0.39 is 0 Å². The van der Waals surface area contributed by atoms with Crippen LogP contribution in [0.5, 0.6) is 0 Å². The highest BCUT2D eigenvalue weighted by Gasteiger charge is 2.58. The van der Waals surface area contributed by atoms with E-state index in [4.69, 9.17) is 11.6 Å². The average molecular weight is 260 g/mol. The fourth-order valence-electron chi connectivity index (χ4n) is 2.90. The molecule has 0 N–H and O–H groups in total. The third kappa shape index (κ3) is 1.04. The second-order valence-corrected chi connectivity index (χ2v) is 5.40. The summed E-state index contributed by atoms with van der Waals surface area (Å²) in [6.07, 6.45) is 3.59. The lowest BCUT2D eigenvalue weighted by Gasteiger charge is -2.10. The largest absolute Gasteiger partial charge is 0.314 e. The molecule has 1 spiro atoms. The van der Waals surface area contributed by atoms with Crippen molar-refractivity contribution in [1.29, 1.82) is 0 Å². The Labute approximate surface area is 109 Å². The molecule has 0 bridgehead atoms. The van der Waals surface area contributed by atoms with Crippen molar-refractivity contribution >= 4 is 34.0 Å². The normalized spacial score (nSPS) is 19.7. The minimum Gasteiger partial charge on any atom is -0.314 e. The van der Waals surface area contributed by atoms with Gasteiger partial charge in [0.25, 0.3) is 0 Å². The Morgan fingerprint density at radius 1 is 1.39 bits per heavy atom. The van der Waals surface area contributed by atoms with Crippen LogP contribution in [0.1, 0.15) is 18.4 Å². The molecule has 90 valence electrons. The Morgan fingerprint density at radius 3 is 2.89 bits per heavy atom. The second kappa shape index (κ2) is 3.01. The van der Waals surface area contributed by atoms with Gasteiger partial charge in [-0.15, -0.1) is 5.10 Å². The van der Waals surface area contributed by atoms with Gasteiger partial charge in [-0.05, 0) is 30.5 Å². The summed E-state index contributed by atoms with van der Waals surface area (Å²) in [5.74, 6) is 0.199. The van der Waals surface area contributed by atoms with E-state index in [9.17, 15) is 4.79 Å². The summed E-state index contributed by atoms with van der Waals surface area (Å²) in [7, 11) is 1.82. The monoisotopic (exact) mass is 259 g/mol. The maximum Gasteiger partial charge on any atom is 0.237 e. The zero-order chi connectivity index (χ0) is 12.5. The van der Waals surface area contributed by atoms with Gasteiger partial charge < -0.3 is 4.90 Å². The van der Waals surface area contributed by atoms with Gasteiger partial charge in [0.2, 0.25) is 5.91 Å². The molecule has 2 aliphatic rings. The van der Waals surface area contributed by atoms with Crippen molar-refractivity contribution in [1.82, 2.24) is 10.2 Å². The summed E-state index contributed by atoms with van der Waals surface area (Å²) >= 11 is 6.05. The Hall–Kier alpha value is -1.68. The van der Waals surface area contributed by atoms with Crippen molar-refractivity contribution in [3.05, 3.63) is 29.0 Å². The first-order valence-electron chi connectivity index (χ1n) is 5.87. The van der Waals surface area contributed by atoms with Crippen LogP contribution in [0.25, 0.3) is 10.8 Å². The number of anilines is 1. The summed E-state index contributed by atoms with van der Waals surface area (Å²) in [5.41, 5.74) is 1.82. The number of amides is 1. The predicted octanol–water partition coefficient (Wildman–Crippen LogP) is 2.29. The number of hydrogen-bond donors (Lipinski definition) is 0. The molecule has 1 aliphatic heterocycles. The molecule has 0 atom stereocenters. The molecule has 2 heterocycles. The highest BCUT2D eigenvalue weighted by atomic mass is 35.5. The van der Waals surface area contributed by atoms with Crippen LogP contribution in [0.3, 0.4) is 0 Å². The molecule has 5 heteroatoms. The number of aromatic nitrogens is 2. The van der Waals surface area contributed by atoms with Gasteiger partial charge in [0.15, 0.2) is 5.15 Å². The summed E-state index contributed by atoms with van der Waals surface area (Å²) < 4.78 is 0. The van der Waals surface area contributed by atoms with Crippen LogP contribution >= 0.6 is 11.6 Å². The molecule has 4 rings (SSSR count). The van der Waals surface area contributed by atoms with Crippen molar-refractivity contribution in [3.63, 3.8) is 0 Å². The van der Waals surface area contributed by atoms with E-state index in [1.807, 2.05) is 19.2 Å². The molecule has 1 aromatic heterocycles. The topological polar surface area (TPSA) is 46.1 Å². The highest BCUT2D eigenvalue weighted by molar-refractivity contribution is 6.34. The molecule has 0 saturated heterocycles. The second-order valence-electron chi connectivity index (χ2n) is 5.04. The summed E-state index contributed by atoms with van der Waals surface area (Å²) in [6, 6.07) is 3.99. The summed E-state index contributed by atoms with van der Waals surface area (Å²) in [6.45, 7) is 0. The van der Waals surface area contributed by atoms with E-state index in [0.717, 1.165) is 34.9 Å². The van der Waals surface area contributed by atoms with Gasteiger partial charge in [0.05, 0.1) is 11.6 Å². The van der Waals surface area contributed by atoms with Gasteiger partial charge >= 0.3 is 0 Å². The lowest BCUT2D eigenvalue weighted by molar-refractivity contribution is -0.119. The summed E-state index contributed by atoms with van der Waals surface area (Å²) in [5, 5.41) is 9.88. The third-order valence-corrected chi connectivity index (χ3v) is 4.35. The maximum atomic E-state index is 12.3. The first-order chi connectivity index (χ1) is 8.63. The van der Waals surface area contributed by atoms with E-state index in [1.54, 1.807) is 11.1 Å². The number of halogens is 1. The molecule has 4 nitrogen and oxygen atoms in total. The van der Waals surface area contributed by atoms with Crippen LogP contribution in [0.4, 0.5) is 5.69 Å². The molecule has 0 radical (unpaired) electrons. The smallest absolute Gasteiger partial charge is 0.237 e. The van der Waals surface area contributed by atoms with E-state index >= 15 is 0 Å². The minimum absolute atomic E-state index is 0.199. The highest BCUT2D eigenvalue weighted by Crippen LogP contribution is 2.57. The number of carbonyl (C=O) groups is 1. The first-order valence-corrected chi connectivity index (χ1v) is 6.25. The third-order valence-electron chi connectivity index (χ3n) is 4.07. The van der Waals surface area contributed by atoms with Crippen LogP contribution in [-0.4, -0.2) is 23.2 Å². The molecule has 18 heavy (non-hydrogen) atoms. The van der Waals surface area contributed by atoms with Gasteiger partial charge in [-0.1, -0.05) is 11.6 Å². The molecular weight excluding hydrogens is 250 g/mol. The van der Waals surface area contributed by atoms with Gasteiger partial charge in [0, 0.05) is 23.5 Å². The minimum atomic E-state index is -0.256. The van der Waals surface area contributed by atoms with Crippen LogP contribution in [0, 0.1) is 0 Å². The van der Waals surface area contributed by atoms with Crippen molar-refractivity contribution in [2.24, 2.45) is 0 Å². The van der Waals surface area contributed by atoms with Gasteiger partial charge in [-0.25, -0.2) is 0 Å². The Kier molecular flexibility index (Phi) is 1.71. The maximum absolute atomic E-state index is 12.3. The van der Waals surface area contributed by atoms with Crippen LogP contribution < -0.4 is 4.90 Å². The van der Waals surface area contributed by atoms with E-state index in [-0.39, 0.29) is 11.3 Å². The quantitative estimate of drug-likeness (QED) is 0.729. The molecule has 1 aromatic carbocycles. The van der Waals surface area contributed by atoms with Crippen LogP contribution in [0.2, 0.25) is 5.15 Å². The molecule has 1 amide bonds. The fourth-order valence-corrected chi connectivity index (χ4v) is 3.11. The van der Waals surface area contributed by atoms with Crippen molar-refractivity contribution in [3.8, 4) is 0 Å². The summed E-state index contributed by atoms with van der Waals surface area (Å²) in [4.78, 5) is 14.0. The van der Waals surface area contributed by atoms with Gasteiger partial charge in [-0.3, -0.25) is 4.79 Å². The molecule has 1 fully saturated rings. The number of likely N-dealkylation sites (N-methyl/N-ethyl adjacent to an activating group) is 1. The lowest BCUT2D eigenvalue weighted by atomic mass is 9.96. The number of rotatable bonds is 0. The Bertz CT molecular complexity index is 709. The Balaban J connectivity index is 2.09. The van der Waals surface area contributed by atoms with E-state index in [2.05, 4.69) is 10.2 Å².